The zero-order valence-electron chi connectivity index (χ0n) is 23.6. The lowest BCUT2D eigenvalue weighted by atomic mass is 9.79. The standard InChI is InChI=1S/C35H30INO5/c1-4-40-28-18-23(17-27(36)34(28)42-19-22-13-10-12-21-11-6-7-14-24(21)22)30-29(35(39)41-5-2)20(3)37-32-25-15-8-9-16-26(25)33(38)31(30)32/h6-18,30,37H,4-5,19H2,1-3H3/t30-/m1/s1. The molecule has 6 nitrogen and oxygen atoms in total. The molecule has 1 heterocycles. The Kier molecular flexibility index (Phi) is 7.77. The van der Waals surface area contributed by atoms with Crippen molar-refractivity contribution in [3.05, 3.63) is 122 Å². The number of hydrogen-bond acceptors (Lipinski definition) is 6. The van der Waals surface area contributed by atoms with E-state index in [2.05, 4.69) is 52.2 Å². The Bertz CT molecular complexity index is 1800. The Balaban J connectivity index is 1.44. The molecule has 0 bridgehead atoms. The molecule has 0 amide bonds. The monoisotopic (exact) mass is 671 g/mol. The molecule has 1 N–H and O–H groups in total. The van der Waals surface area contributed by atoms with Crippen molar-refractivity contribution in [3.8, 4) is 11.5 Å². The topological polar surface area (TPSA) is 73.9 Å². The van der Waals surface area contributed by atoms with E-state index < -0.39 is 11.9 Å². The summed E-state index contributed by atoms with van der Waals surface area (Å²) in [5.74, 6) is -0.00965. The summed E-state index contributed by atoms with van der Waals surface area (Å²) in [5, 5.41) is 5.64. The summed E-state index contributed by atoms with van der Waals surface area (Å²) in [6.45, 7) is 6.56. The molecule has 6 rings (SSSR count). The van der Waals surface area contributed by atoms with E-state index in [-0.39, 0.29) is 12.4 Å². The number of benzene rings is 4. The van der Waals surface area contributed by atoms with E-state index in [1.807, 2.05) is 68.4 Å². The maximum Gasteiger partial charge on any atom is 0.336 e. The van der Waals surface area contributed by atoms with Crippen LogP contribution in [0.3, 0.4) is 0 Å². The van der Waals surface area contributed by atoms with Gasteiger partial charge in [0.15, 0.2) is 17.3 Å². The molecule has 0 fully saturated rings. The molecule has 42 heavy (non-hydrogen) atoms. The average Bonchev–Trinajstić information content (AvgIpc) is 3.27. The smallest absolute Gasteiger partial charge is 0.336 e. The number of ether oxygens (including phenoxy) is 3. The molecule has 7 heteroatoms. The molecule has 0 unspecified atom stereocenters. The zero-order chi connectivity index (χ0) is 29.4. The summed E-state index contributed by atoms with van der Waals surface area (Å²) >= 11 is 2.25. The highest BCUT2D eigenvalue weighted by molar-refractivity contribution is 14.1. The minimum atomic E-state index is -0.639. The van der Waals surface area contributed by atoms with E-state index in [0.717, 1.165) is 36.7 Å². The van der Waals surface area contributed by atoms with Crippen LogP contribution in [0.25, 0.3) is 16.5 Å². The van der Waals surface area contributed by atoms with Gasteiger partial charge in [-0.3, -0.25) is 4.79 Å². The predicted octanol–water partition coefficient (Wildman–Crippen LogP) is 7.55. The van der Waals surface area contributed by atoms with Crippen molar-refractivity contribution in [2.24, 2.45) is 0 Å². The third kappa shape index (κ3) is 4.85. The van der Waals surface area contributed by atoms with Crippen LogP contribution in [0.4, 0.5) is 0 Å². The number of nitrogens with one attached hydrogen (secondary N) is 1. The van der Waals surface area contributed by atoms with Gasteiger partial charge in [0.2, 0.25) is 0 Å². The van der Waals surface area contributed by atoms with Gasteiger partial charge >= 0.3 is 5.97 Å². The number of esters is 1. The van der Waals surface area contributed by atoms with Crippen LogP contribution >= 0.6 is 22.6 Å². The highest BCUT2D eigenvalue weighted by atomic mass is 127. The summed E-state index contributed by atoms with van der Waals surface area (Å²) in [5.41, 5.74) is 5.62. The van der Waals surface area contributed by atoms with Crippen molar-refractivity contribution in [1.29, 1.82) is 0 Å². The normalized spacial score (nSPS) is 15.8. The van der Waals surface area contributed by atoms with Crippen LogP contribution in [-0.4, -0.2) is 25.0 Å². The van der Waals surface area contributed by atoms with Crippen LogP contribution < -0.4 is 14.8 Å². The minimum Gasteiger partial charge on any atom is -0.490 e. The van der Waals surface area contributed by atoms with Crippen molar-refractivity contribution in [2.75, 3.05) is 13.2 Å². The van der Waals surface area contributed by atoms with Crippen LogP contribution in [-0.2, 0) is 16.1 Å². The van der Waals surface area contributed by atoms with E-state index in [1.54, 1.807) is 6.92 Å². The van der Waals surface area contributed by atoms with Gasteiger partial charge in [-0.25, -0.2) is 4.79 Å². The first-order valence-corrected chi connectivity index (χ1v) is 15.1. The summed E-state index contributed by atoms with van der Waals surface area (Å²) in [4.78, 5) is 27.2. The maximum atomic E-state index is 13.8. The molecular formula is C35H30INO5. The second-order valence-electron chi connectivity index (χ2n) is 10.2. The molecule has 1 aliphatic carbocycles. The lowest BCUT2D eigenvalue weighted by Gasteiger charge is -2.30. The van der Waals surface area contributed by atoms with Crippen LogP contribution in [0.1, 0.15) is 53.7 Å². The largest absolute Gasteiger partial charge is 0.490 e. The molecule has 212 valence electrons. The van der Waals surface area contributed by atoms with Gasteiger partial charge in [0, 0.05) is 28.3 Å². The number of hydrogen-bond donors (Lipinski definition) is 1. The molecule has 0 saturated carbocycles. The van der Waals surface area contributed by atoms with Crippen LogP contribution in [0, 0.1) is 3.57 Å². The molecule has 1 aliphatic heterocycles. The van der Waals surface area contributed by atoms with Crippen LogP contribution in [0.15, 0.2) is 95.7 Å². The van der Waals surface area contributed by atoms with Gasteiger partial charge in [-0.2, -0.15) is 0 Å². The number of Topliss-reactive ketones (excluding diaryl/α,β-unsaturated/α-hetero) is 1. The molecular weight excluding hydrogens is 641 g/mol. The minimum absolute atomic E-state index is 0.100. The Morgan fingerprint density at radius 1 is 0.905 bits per heavy atom. The molecule has 4 aromatic carbocycles. The quantitative estimate of drug-likeness (QED) is 0.154. The third-order valence-electron chi connectivity index (χ3n) is 7.66. The average molecular weight is 672 g/mol. The van der Waals surface area contributed by atoms with Crippen molar-refractivity contribution in [3.63, 3.8) is 0 Å². The Hall–Kier alpha value is -4.11. The number of halogens is 1. The van der Waals surface area contributed by atoms with Gasteiger partial charge in [-0.05, 0) is 77.4 Å². The molecule has 4 aromatic rings. The van der Waals surface area contributed by atoms with E-state index in [9.17, 15) is 9.59 Å². The fraction of sp³-hybridized carbons (Fsp3) is 0.200. The third-order valence-corrected chi connectivity index (χ3v) is 8.46. The number of ketones is 1. The maximum absolute atomic E-state index is 13.8. The zero-order valence-corrected chi connectivity index (χ0v) is 25.8. The number of allylic oxidation sites excluding steroid dienone is 2. The summed E-state index contributed by atoms with van der Waals surface area (Å²) in [6.07, 6.45) is 0. The number of fused-ring (bicyclic) bond motifs is 3. The van der Waals surface area contributed by atoms with E-state index in [4.69, 9.17) is 14.2 Å². The second kappa shape index (κ2) is 11.6. The van der Waals surface area contributed by atoms with Crippen molar-refractivity contribution >= 4 is 50.8 Å². The summed E-state index contributed by atoms with van der Waals surface area (Å²) in [7, 11) is 0. The molecule has 1 atom stereocenters. The fourth-order valence-corrected chi connectivity index (χ4v) is 6.65. The molecule has 2 aliphatic rings. The molecule has 0 radical (unpaired) electrons. The number of rotatable bonds is 8. The fourth-order valence-electron chi connectivity index (χ4n) is 5.87. The van der Waals surface area contributed by atoms with Gasteiger partial charge in [0.05, 0.1) is 28.1 Å². The first-order valence-electron chi connectivity index (χ1n) is 14.0. The van der Waals surface area contributed by atoms with Gasteiger partial charge < -0.3 is 19.5 Å². The Labute approximate surface area is 258 Å². The van der Waals surface area contributed by atoms with Gasteiger partial charge in [0.1, 0.15) is 6.61 Å². The SMILES string of the molecule is CCOC(=O)C1=C(C)NC2=C(C(=O)c3ccccc32)[C@@H]1c1cc(I)c(OCc2cccc3ccccc23)c(OCC)c1. The van der Waals surface area contributed by atoms with Gasteiger partial charge in [-0.15, -0.1) is 0 Å². The molecule has 0 spiro atoms. The lowest BCUT2D eigenvalue weighted by molar-refractivity contribution is -0.138. The molecule has 0 aromatic heterocycles. The summed E-state index contributed by atoms with van der Waals surface area (Å²) < 4.78 is 18.8. The Morgan fingerprint density at radius 2 is 1.64 bits per heavy atom. The predicted molar refractivity (Wildman–Crippen MR) is 172 cm³/mol. The number of carbonyl (C=O) groups is 2. The van der Waals surface area contributed by atoms with Crippen LogP contribution in [0.2, 0.25) is 0 Å². The second-order valence-corrected chi connectivity index (χ2v) is 11.3. The Morgan fingerprint density at radius 3 is 2.43 bits per heavy atom. The highest BCUT2D eigenvalue weighted by Crippen LogP contribution is 2.49. The van der Waals surface area contributed by atoms with Gasteiger partial charge in [-0.1, -0.05) is 66.7 Å². The number of carbonyl (C=O) groups excluding carboxylic acids is 2. The van der Waals surface area contributed by atoms with E-state index in [0.29, 0.717) is 47.1 Å². The molecule has 0 saturated heterocycles. The summed E-state index contributed by atoms with van der Waals surface area (Å²) in [6, 6.07) is 25.8. The van der Waals surface area contributed by atoms with Gasteiger partial charge in [0.25, 0.3) is 0 Å². The van der Waals surface area contributed by atoms with Crippen molar-refractivity contribution in [2.45, 2.75) is 33.3 Å². The lowest BCUT2D eigenvalue weighted by Crippen LogP contribution is -2.29. The highest BCUT2D eigenvalue weighted by Gasteiger charge is 2.43. The van der Waals surface area contributed by atoms with E-state index >= 15 is 0 Å². The van der Waals surface area contributed by atoms with E-state index in [1.165, 1.54) is 0 Å². The van der Waals surface area contributed by atoms with Crippen LogP contribution in [0.5, 0.6) is 11.5 Å². The van der Waals surface area contributed by atoms with Crippen molar-refractivity contribution < 1.29 is 23.8 Å². The number of dihydropyridines is 1. The first-order chi connectivity index (χ1) is 20.4. The first kappa shape index (κ1) is 28.0. The van der Waals surface area contributed by atoms with Crippen molar-refractivity contribution in [1.82, 2.24) is 5.32 Å².